The van der Waals surface area contributed by atoms with E-state index in [4.69, 9.17) is 5.84 Å². The van der Waals surface area contributed by atoms with Crippen molar-refractivity contribution in [2.45, 2.75) is 26.3 Å². The van der Waals surface area contributed by atoms with Crippen LogP contribution < -0.4 is 11.3 Å². The van der Waals surface area contributed by atoms with Gasteiger partial charge < -0.3 is 4.57 Å². The minimum Gasteiger partial charge on any atom is -0.344 e. The number of nitrogen functional groups attached to an aromatic ring is 1. The first-order chi connectivity index (χ1) is 6.29. The Balaban J connectivity index is 2.71. The van der Waals surface area contributed by atoms with Gasteiger partial charge in [0.05, 0.1) is 0 Å². The number of nitrogens with zero attached hydrogens (tertiary/aromatic N) is 1. The number of nitrogens with two attached hydrogens (primary N) is 1. The molecule has 0 unspecified atom stereocenters. The monoisotopic (exact) mass is 181 g/mol. The number of hydrogen-bond donors (Lipinski definition) is 2. The molecule has 13 heavy (non-hydrogen) atoms. The fourth-order valence-corrected chi connectivity index (χ4v) is 1.22. The quantitative estimate of drug-likeness (QED) is 0.412. The molecule has 4 nitrogen and oxygen atoms in total. The van der Waals surface area contributed by atoms with Crippen LogP contribution in [0, 0.1) is 0 Å². The summed E-state index contributed by atoms with van der Waals surface area (Å²) < 4.78 is 1.91. The number of rotatable bonds is 4. The number of carbonyl (C=O) groups excluding carboxylic acids is 1. The Labute approximate surface area is 77.7 Å². The lowest BCUT2D eigenvalue weighted by atomic mass is 10.3. The van der Waals surface area contributed by atoms with Crippen molar-refractivity contribution in [1.82, 2.24) is 9.99 Å². The lowest BCUT2D eigenvalue weighted by Crippen LogP contribution is -2.31. The molecule has 0 saturated carbocycles. The SMILES string of the molecule is CCCCn1cccc1C(=O)NN. The van der Waals surface area contributed by atoms with E-state index < -0.39 is 0 Å². The molecule has 0 aliphatic rings. The van der Waals surface area contributed by atoms with E-state index in [0.717, 1.165) is 19.4 Å². The minimum atomic E-state index is -0.235. The van der Waals surface area contributed by atoms with Crippen molar-refractivity contribution in [1.29, 1.82) is 0 Å². The first-order valence-electron chi connectivity index (χ1n) is 4.45. The summed E-state index contributed by atoms with van der Waals surface area (Å²) in [6, 6.07) is 3.61. The molecule has 0 bridgehead atoms. The zero-order chi connectivity index (χ0) is 9.68. The molecular formula is C9H15N3O. The minimum absolute atomic E-state index is 0.235. The van der Waals surface area contributed by atoms with Gasteiger partial charge >= 0.3 is 0 Å². The van der Waals surface area contributed by atoms with E-state index in [2.05, 4.69) is 12.3 Å². The fourth-order valence-electron chi connectivity index (χ4n) is 1.22. The van der Waals surface area contributed by atoms with Crippen LogP contribution >= 0.6 is 0 Å². The molecule has 1 aromatic heterocycles. The molecule has 0 aliphatic carbocycles. The highest BCUT2D eigenvalue weighted by Gasteiger charge is 2.07. The van der Waals surface area contributed by atoms with Gasteiger partial charge in [-0.15, -0.1) is 0 Å². The largest absolute Gasteiger partial charge is 0.344 e. The smallest absolute Gasteiger partial charge is 0.281 e. The zero-order valence-electron chi connectivity index (χ0n) is 7.79. The van der Waals surface area contributed by atoms with E-state index >= 15 is 0 Å². The molecule has 0 atom stereocenters. The van der Waals surface area contributed by atoms with Gasteiger partial charge in [-0.25, -0.2) is 5.84 Å². The van der Waals surface area contributed by atoms with Crippen LogP contribution in [0.4, 0.5) is 0 Å². The Morgan fingerprint density at radius 2 is 2.46 bits per heavy atom. The number of aromatic nitrogens is 1. The molecular weight excluding hydrogens is 166 g/mol. The molecule has 1 rings (SSSR count). The average Bonchev–Trinajstić information content (AvgIpc) is 2.61. The summed E-state index contributed by atoms with van der Waals surface area (Å²) in [5.41, 5.74) is 2.75. The summed E-state index contributed by atoms with van der Waals surface area (Å²) >= 11 is 0. The second-order valence-corrected chi connectivity index (χ2v) is 2.91. The van der Waals surface area contributed by atoms with Gasteiger partial charge in [-0.2, -0.15) is 0 Å². The van der Waals surface area contributed by atoms with E-state index in [1.165, 1.54) is 0 Å². The van der Waals surface area contributed by atoms with Crippen molar-refractivity contribution < 1.29 is 4.79 Å². The van der Waals surface area contributed by atoms with E-state index in [-0.39, 0.29) is 5.91 Å². The summed E-state index contributed by atoms with van der Waals surface area (Å²) in [6.07, 6.45) is 4.07. The molecule has 1 amide bonds. The van der Waals surface area contributed by atoms with Gasteiger partial charge in [0, 0.05) is 12.7 Å². The van der Waals surface area contributed by atoms with Crippen LogP contribution in [-0.4, -0.2) is 10.5 Å². The summed E-state index contributed by atoms with van der Waals surface area (Å²) in [4.78, 5) is 11.2. The van der Waals surface area contributed by atoms with Crippen LogP contribution in [0.15, 0.2) is 18.3 Å². The zero-order valence-corrected chi connectivity index (χ0v) is 7.79. The Morgan fingerprint density at radius 1 is 1.69 bits per heavy atom. The topological polar surface area (TPSA) is 60.0 Å². The highest BCUT2D eigenvalue weighted by Crippen LogP contribution is 2.04. The standard InChI is InChI=1S/C9H15N3O/c1-2-3-6-12-7-4-5-8(12)9(13)11-10/h4-5,7H,2-3,6,10H2,1H3,(H,11,13). The summed E-state index contributed by atoms with van der Waals surface area (Å²) in [6.45, 7) is 2.98. The Kier molecular flexibility index (Phi) is 3.52. The van der Waals surface area contributed by atoms with Crippen LogP contribution in [-0.2, 0) is 6.54 Å². The fraction of sp³-hybridized carbons (Fsp3) is 0.444. The van der Waals surface area contributed by atoms with Crippen molar-refractivity contribution in [2.75, 3.05) is 0 Å². The van der Waals surface area contributed by atoms with E-state index in [1.54, 1.807) is 6.07 Å². The molecule has 0 saturated heterocycles. The summed E-state index contributed by atoms with van der Waals surface area (Å²) in [7, 11) is 0. The van der Waals surface area contributed by atoms with Crippen LogP contribution in [0.2, 0.25) is 0 Å². The number of hydrazine groups is 1. The number of nitrogens with one attached hydrogen (secondary N) is 1. The molecule has 0 radical (unpaired) electrons. The molecule has 1 heterocycles. The maximum Gasteiger partial charge on any atom is 0.281 e. The van der Waals surface area contributed by atoms with Gasteiger partial charge in [-0.05, 0) is 18.6 Å². The third kappa shape index (κ3) is 2.32. The van der Waals surface area contributed by atoms with Crippen molar-refractivity contribution in [3.05, 3.63) is 24.0 Å². The second kappa shape index (κ2) is 4.67. The first-order valence-corrected chi connectivity index (χ1v) is 4.45. The van der Waals surface area contributed by atoms with Gasteiger partial charge in [0.25, 0.3) is 5.91 Å². The lowest BCUT2D eigenvalue weighted by molar-refractivity contribution is 0.0944. The van der Waals surface area contributed by atoms with Gasteiger partial charge in [-0.1, -0.05) is 13.3 Å². The number of unbranched alkanes of at least 4 members (excludes halogenated alkanes) is 1. The van der Waals surface area contributed by atoms with Gasteiger partial charge in [0.1, 0.15) is 5.69 Å². The maximum atomic E-state index is 11.2. The van der Waals surface area contributed by atoms with Gasteiger partial charge in [-0.3, -0.25) is 10.2 Å². The highest BCUT2D eigenvalue weighted by molar-refractivity contribution is 5.92. The molecule has 0 aliphatic heterocycles. The Hall–Kier alpha value is -1.29. The molecule has 0 spiro atoms. The van der Waals surface area contributed by atoms with E-state index in [0.29, 0.717) is 5.69 Å². The predicted molar refractivity (Wildman–Crippen MR) is 51.0 cm³/mol. The molecule has 0 aromatic carbocycles. The van der Waals surface area contributed by atoms with Gasteiger partial charge in [0.2, 0.25) is 0 Å². The Bertz CT molecular complexity index is 280. The van der Waals surface area contributed by atoms with Crippen molar-refractivity contribution in [3.8, 4) is 0 Å². The van der Waals surface area contributed by atoms with Crippen molar-refractivity contribution in [2.24, 2.45) is 5.84 Å². The molecule has 1 aromatic rings. The first kappa shape index (κ1) is 9.80. The summed E-state index contributed by atoms with van der Waals surface area (Å²) in [5.74, 6) is 4.81. The third-order valence-electron chi connectivity index (χ3n) is 1.95. The van der Waals surface area contributed by atoms with Crippen molar-refractivity contribution >= 4 is 5.91 Å². The highest BCUT2D eigenvalue weighted by atomic mass is 16.2. The predicted octanol–water partition coefficient (Wildman–Crippen LogP) is 0.892. The van der Waals surface area contributed by atoms with Crippen molar-refractivity contribution in [3.63, 3.8) is 0 Å². The number of carbonyl (C=O) groups is 1. The number of aryl methyl sites for hydroxylation is 1. The van der Waals surface area contributed by atoms with Crippen LogP contribution in [0.5, 0.6) is 0 Å². The maximum absolute atomic E-state index is 11.2. The molecule has 72 valence electrons. The molecule has 3 N–H and O–H groups in total. The average molecular weight is 181 g/mol. The van der Waals surface area contributed by atoms with Crippen LogP contribution in [0.25, 0.3) is 0 Å². The summed E-state index contributed by atoms with van der Waals surface area (Å²) in [5, 5.41) is 0. The van der Waals surface area contributed by atoms with E-state index in [9.17, 15) is 4.79 Å². The lowest BCUT2D eigenvalue weighted by Gasteiger charge is -2.06. The normalized spacial score (nSPS) is 10.0. The number of hydrogen-bond acceptors (Lipinski definition) is 2. The van der Waals surface area contributed by atoms with Gasteiger partial charge in [0.15, 0.2) is 0 Å². The van der Waals surface area contributed by atoms with Crippen LogP contribution in [0.3, 0.4) is 0 Å². The third-order valence-corrected chi connectivity index (χ3v) is 1.95. The second-order valence-electron chi connectivity index (χ2n) is 2.91. The molecule has 4 heteroatoms. The molecule has 0 fully saturated rings. The van der Waals surface area contributed by atoms with E-state index in [1.807, 2.05) is 16.8 Å². The number of amides is 1. The Morgan fingerprint density at radius 3 is 3.08 bits per heavy atom. The van der Waals surface area contributed by atoms with Crippen LogP contribution in [0.1, 0.15) is 30.3 Å².